The standard InChI is InChI=1S/C12H11F2NO3/c1-3-17-11(16)8-5-4-7(2)9(6-15)10(8)18-12(13)14/h4-5,12H,3H2,1-2H3. The second-order valence-electron chi connectivity index (χ2n) is 3.34. The molecule has 0 amide bonds. The molecule has 0 N–H and O–H groups in total. The van der Waals surface area contributed by atoms with Gasteiger partial charge in [0.15, 0.2) is 5.75 Å². The van der Waals surface area contributed by atoms with Crippen molar-refractivity contribution in [2.75, 3.05) is 6.61 Å². The first-order chi connectivity index (χ1) is 8.51. The Bertz CT molecular complexity index is 495. The first kappa shape index (κ1) is 13.9. The number of benzene rings is 1. The van der Waals surface area contributed by atoms with Gasteiger partial charge in [0.1, 0.15) is 11.6 Å². The molecule has 18 heavy (non-hydrogen) atoms. The molecule has 1 rings (SSSR count). The van der Waals surface area contributed by atoms with Crippen molar-refractivity contribution in [3.05, 3.63) is 28.8 Å². The van der Waals surface area contributed by atoms with Crippen LogP contribution in [0, 0.1) is 18.3 Å². The van der Waals surface area contributed by atoms with E-state index in [1.807, 2.05) is 0 Å². The molecule has 0 aliphatic carbocycles. The minimum atomic E-state index is -3.12. The predicted molar refractivity (Wildman–Crippen MR) is 58.5 cm³/mol. The van der Waals surface area contributed by atoms with E-state index in [1.165, 1.54) is 12.1 Å². The summed E-state index contributed by atoms with van der Waals surface area (Å²) in [5, 5.41) is 8.92. The summed E-state index contributed by atoms with van der Waals surface area (Å²) in [4.78, 5) is 11.6. The van der Waals surface area contributed by atoms with E-state index >= 15 is 0 Å². The van der Waals surface area contributed by atoms with Crippen molar-refractivity contribution in [2.24, 2.45) is 0 Å². The molecule has 6 heteroatoms. The summed E-state index contributed by atoms with van der Waals surface area (Å²) in [7, 11) is 0. The Morgan fingerprint density at radius 1 is 1.50 bits per heavy atom. The van der Waals surface area contributed by atoms with E-state index < -0.39 is 18.3 Å². The number of ether oxygens (including phenoxy) is 2. The maximum Gasteiger partial charge on any atom is 0.387 e. The van der Waals surface area contributed by atoms with Crippen molar-refractivity contribution in [1.82, 2.24) is 0 Å². The van der Waals surface area contributed by atoms with Crippen molar-refractivity contribution < 1.29 is 23.0 Å². The van der Waals surface area contributed by atoms with Crippen molar-refractivity contribution in [3.8, 4) is 11.8 Å². The SMILES string of the molecule is CCOC(=O)c1ccc(C)c(C#N)c1OC(F)F. The number of aryl methyl sites for hydroxylation is 1. The van der Waals surface area contributed by atoms with E-state index in [-0.39, 0.29) is 17.7 Å². The second-order valence-corrected chi connectivity index (χ2v) is 3.34. The van der Waals surface area contributed by atoms with E-state index in [0.29, 0.717) is 5.56 Å². The van der Waals surface area contributed by atoms with Crippen molar-refractivity contribution in [3.63, 3.8) is 0 Å². The van der Waals surface area contributed by atoms with Crippen molar-refractivity contribution >= 4 is 5.97 Å². The van der Waals surface area contributed by atoms with E-state index in [9.17, 15) is 13.6 Å². The van der Waals surface area contributed by atoms with Crippen LogP contribution in [0.1, 0.15) is 28.4 Å². The number of hydrogen-bond donors (Lipinski definition) is 0. The number of nitriles is 1. The van der Waals surface area contributed by atoms with Gasteiger partial charge in [-0.2, -0.15) is 14.0 Å². The lowest BCUT2D eigenvalue weighted by Crippen LogP contribution is -2.12. The Morgan fingerprint density at radius 3 is 2.67 bits per heavy atom. The van der Waals surface area contributed by atoms with E-state index in [4.69, 9.17) is 10.00 Å². The normalized spacial score (nSPS) is 10.0. The lowest BCUT2D eigenvalue weighted by molar-refractivity contribution is -0.0506. The number of alkyl halides is 2. The van der Waals surface area contributed by atoms with Gasteiger partial charge in [-0.25, -0.2) is 4.79 Å². The summed E-state index contributed by atoms with van der Waals surface area (Å²) in [5.74, 6) is -1.24. The molecule has 96 valence electrons. The van der Waals surface area contributed by atoms with Crippen LogP contribution in [-0.4, -0.2) is 19.2 Å². The summed E-state index contributed by atoms with van der Waals surface area (Å²) in [6.07, 6.45) is 0. The smallest absolute Gasteiger partial charge is 0.387 e. The van der Waals surface area contributed by atoms with Crippen LogP contribution < -0.4 is 4.74 Å². The van der Waals surface area contributed by atoms with Crippen LogP contribution in [0.25, 0.3) is 0 Å². The molecular formula is C12H11F2NO3. The third-order valence-corrected chi connectivity index (χ3v) is 2.18. The summed E-state index contributed by atoms with van der Waals surface area (Å²) < 4.78 is 33.6. The van der Waals surface area contributed by atoms with Gasteiger partial charge in [0, 0.05) is 0 Å². The molecule has 0 fully saturated rings. The van der Waals surface area contributed by atoms with Crippen LogP contribution in [0.5, 0.6) is 5.75 Å². The Morgan fingerprint density at radius 2 is 2.17 bits per heavy atom. The van der Waals surface area contributed by atoms with Gasteiger partial charge in [-0.3, -0.25) is 0 Å². The molecule has 0 atom stereocenters. The largest absolute Gasteiger partial charge is 0.462 e. The highest BCUT2D eigenvalue weighted by Gasteiger charge is 2.21. The molecule has 0 aliphatic heterocycles. The van der Waals surface area contributed by atoms with Gasteiger partial charge in [-0.1, -0.05) is 6.07 Å². The molecule has 0 radical (unpaired) electrons. The number of esters is 1. The lowest BCUT2D eigenvalue weighted by atomic mass is 10.0. The first-order valence-corrected chi connectivity index (χ1v) is 5.16. The monoisotopic (exact) mass is 255 g/mol. The Labute approximate surface area is 103 Å². The topological polar surface area (TPSA) is 59.3 Å². The minimum Gasteiger partial charge on any atom is -0.462 e. The fourth-order valence-electron chi connectivity index (χ4n) is 1.40. The fourth-order valence-corrected chi connectivity index (χ4v) is 1.40. The molecule has 1 aromatic carbocycles. The Kier molecular flexibility index (Phi) is 4.60. The molecule has 0 heterocycles. The number of rotatable bonds is 4. The molecule has 0 saturated heterocycles. The predicted octanol–water partition coefficient (Wildman–Crippen LogP) is 2.64. The average Bonchev–Trinajstić information content (AvgIpc) is 2.29. The fraction of sp³-hybridized carbons (Fsp3) is 0.333. The quantitative estimate of drug-likeness (QED) is 0.776. The molecule has 4 nitrogen and oxygen atoms in total. The lowest BCUT2D eigenvalue weighted by Gasteiger charge is -2.12. The van der Waals surface area contributed by atoms with Crippen LogP contribution in [0.2, 0.25) is 0 Å². The van der Waals surface area contributed by atoms with Gasteiger partial charge in [-0.05, 0) is 25.5 Å². The first-order valence-electron chi connectivity index (χ1n) is 5.16. The van der Waals surface area contributed by atoms with Crippen molar-refractivity contribution in [2.45, 2.75) is 20.5 Å². The zero-order valence-electron chi connectivity index (χ0n) is 9.87. The highest BCUT2D eigenvalue weighted by Crippen LogP contribution is 2.28. The molecule has 0 unspecified atom stereocenters. The maximum atomic E-state index is 12.3. The average molecular weight is 255 g/mol. The van der Waals surface area contributed by atoms with Crippen LogP contribution in [0.15, 0.2) is 12.1 Å². The van der Waals surface area contributed by atoms with Gasteiger partial charge >= 0.3 is 12.6 Å². The van der Waals surface area contributed by atoms with Gasteiger partial charge < -0.3 is 9.47 Å². The minimum absolute atomic E-state index is 0.0964. The molecule has 0 bridgehead atoms. The summed E-state index contributed by atoms with van der Waals surface area (Å²) in [5.41, 5.74) is 0.168. The molecule has 1 aromatic rings. The molecular weight excluding hydrogens is 244 g/mol. The second kappa shape index (κ2) is 5.96. The Balaban J connectivity index is 3.33. The van der Waals surface area contributed by atoms with Gasteiger partial charge in [0.25, 0.3) is 0 Å². The summed E-state index contributed by atoms with van der Waals surface area (Å²) in [6.45, 7) is 0.131. The number of carbonyl (C=O) groups excluding carboxylic acids is 1. The van der Waals surface area contributed by atoms with Crippen LogP contribution in [-0.2, 0) is 4.74 Å². The Hall–Kier alpha value is -2.16. The van der Waals surface area contributed by atoms with Gasteiger partial charge in [0.05, 0.1) is 12.2 Å². The zero-order chi connectivity index (χ0) is 13.7. The molecule has 0 aromatic heterocycles. The third kappa shape index (κ3) is 2.94. The zero-order valence-corrected chi connectivity index (χ0v) is 9.87. The number of hydrogen-bond acceptors (Lipinski definition) is 4. The van der Waals surface area contributed by atoms with Crippen molar-refractivity contribution in [1.29, 1.82) is 5.26 Å². The highest BCUT2D eigenvalue weighted by molar-refractivity contribution is 5.93. The van der Waals surface area contributed by atoms with E-state index in [2.05, 4.69) is 4.74 Å². The molecule has 0 spiro atoms. The van der Waals surface area contributed by atoms with Crippen LogP contribution in [0.3, 0.4) is 0 Å². The van der Waals surface area contributed by atoms with Gasteiger partial charge in [0.2, 0.25) is 0 Å². The third-order valence-electron chi connectivity index (χ3n) is 2.18. The number of halogens is 2. The summed E-state index contributed by atoms with van der Waals surface area (Å²) >= 11 is 0. The van der Waals surface area contributed by atoms with Crippen LogP contribution in [0.4, 0.5) is 8.78 Å². The number of nitrogens with zero attached hydrogens (tertiary/aromatic N) is 1. The van der Waals surface area contributed by atoms with E-state index in [0.717, 1.165) is 0 Å². The van der Waals surface area contributed by atoms with Gasteiger partial charge in [-0.15, -0.1) is 0 Å². The number of carbonyl (C=O) groups is 1. The highest BCUT2D eigenvalue weighted by atomic mass is 19.3. The maximum absolute atomic E-state index is 12.3. The van der Waals surface area contributed by atoms with Crippen LogP contribution >= 0.6 is 0 Å². The molecule has 0 saturated carbocycles. The summed E-state index contributed by atoms with van der Waals surface area (Å²) in [6, 6.07) is 4.51. The van der Waals surface area contributed by atoms with E-state index in [1.54, 1.807) is 19.9 Å². The molecule has 0 aliphatic rings.